The van der Waals surface area contributed by atoms with Gasteiger partial charge >= 0.3 is 5.97 Å². The van der Waals surface area contributed by atoms with Gasteiger partial charge in [-0.05, 0) is 31.6 Å². The van der Waals surface area contributed by atoms with E-state index in [0.29, 0.717) is 31.7 Å². The highest BCUT2D eigenvalue weighted by Gasteiger charge is 2.30. The van der Waals surface area contributed by atoms with Crippen molar-refractivity contribution in [1.82, 2.24) is 5.32 Å². The van der Waals surface area contributed by atoms with Gasteiger partial charge in [0.05, 0.1) is 6.10 Å². The predicted molar refractivity (Wildman–Crippen MR) is 60.5 cm³/mol. The van der Waals surface area contributed by atoms with Gasteiger partial charge in [0.2, 0.25) is 5.91 Å². The fourth-order valence-electron chi connectivity index (χ4n) is 2.30. The van der Waals surface area contributed by atoms with Crippen LogP contribution < -0.4 is 5.32 Å². The number of hydrogen-bond donors (Lipinski definition) is 2. The maximum absolute atomic E-state index is 11.5. The molecule has 5 nitrogen and oxygen atoms in total. The van der Waals surface area contributed by atoms with Crippen LogP contribution in [-0.4, -0.2) is 35.7 Å². The van der Waals surface area contributed by atoms with Crippen molar-refractivity contribution in [3.8, 4) is 0 Å². The summed E-state index contributed by atoms with van der Waals surface area (Å²) in [5.74, 6) is -0.281. The van der Waals surface area contributed by atoms with Gasteiger partial charge in [0.1, 0.15) is 0 Å². The highest BCUT2D eigenvalue weighted by molar-refractivity contribution is 5.76. The minimum Gasteiger partial charge on any atom is -0.479 e. The largest absolute Gasteiger partial charge is 0.479 e. The molecule has 0 aromatic heterocycles. The van der Waals surface area contributed by atoms with E-state index in [1.165, 1.54) is 6.42 Å². The number of carbonyl (C=O) groups excluding carboxylic acids is 1. The fraction of sp³-hybridized carbons (Fsp3) is 0.833. The van der Waals surface area contributed by atoms with Crippen LogP contribution in [0.4, 0.5) is 0 Å². The standard InChI is InChI=1S/C12H19NO4/c14-11(6-8-2-1-3-8)13-7-9-4-5-10(17-9)12(15)16/h8-10H,1-7H2,(H,13,14)(H,15,16). The summed E-state index contributed by atoms with van der Waals surface area (Å²) >= 11 is 0. The summed E-state index contributed by atoms with van der Waals surface area (Å²) in [5, 5.41) is 11.6. The van der Waals surface area contributed by atoms with Crippen molar-refractivity contribution < 1.29 is 19.4 Å². The van der Waals surface area contributed by atoms with Crippen LogP contribution in [0.1, 0.15) is 38.5 Å². The Hall–Kier alpha value is -1.10. The minimum absolute atomic E-state index is 0.0667. The lowest BCUT2D eigenvalue weighted by Crippen LogP contribution is -2.34. The zero-order valence-electron chi connectivity index (χ0n) is 9.85. The van der Waals surface area contributed by atoms with E-state index in [4.69, 9.17) is 9.84 Å². The number of nitrogens with one attached hydrogen (secondary N) is 1. The van der Waals surface area contributed by atoms with E-state index in [-0.39, 0.29) is 12.0 Å². The Labute approximate surface area is 101 Å². The molecule has 1 aliphatic heterocycles. The maximum Gasteiger partial charge on any atom is 0.332 e. The first kappa shape index (κ1) is 12.4. The third-order valence-electron chi connectivity index (χ3n) is 3.61. The number of ether oxygens (including phenoxy) is 1. The van der Waals surface area contributed by atoms with Crippen LogP contribution in [0.25, 0.3) is 0 Å². The lowest BCUT2D eigenvalue weighted by molar-refractivity contribution is -0.149. The third kappa shape index (κ3) is 3.43. The van der Waals surface area contributed by atoms with Crippen LogP contribution in [0.3, 0.4) is 0 Å². The second kappa shape index (κ2) is 5.49. The number of carbonyl (C=O) groups is 2. The average Bonchev–Trinajstić information content (AvgIpc) is 2.69. The molecule has 1 saturated carbocycles. The summed E-state index contributed by atoms with van der Waals surface area (Å²) in [6.45, 7) is 0.440. The van der Waals surface area contributed by atoms with Gasteiger partial charge < -0.3 is 15.2 Å². The van der Waals surface area contributed by atoms with Gasteiger partial charge in [-0.25, -0.2) is 4.79 Å². The van der Waals surface area contributed by atoms with Crippen molar-refractivity contribution in [2.45, 2.75) is 50.7 Å². The van der Waals surface area contributed by atoms with Gasteiger partial charge in [-0.15, -0.1) is 0 Å². The van der Waals surface area contributed by atoms with Gasteiger partial charge in [-0.3, -0.25) is 4.79 Å². The van der Waals surface area contributed by atoms with E-state index in [2.05, 4.69) is 5.32 Å². The molecule has 2 aliphatic rings. The molecule has 0 bridgehead atoms. The van der Waals surface area contributed by atoms with Crippen LogP contribution in [-0.2, 0) is 14.3 Å². The molecule has 1 heterocycles. The molecule has 2 fully saturated rings. The average molecular weight is 241 g/mol. The lowest BCUT2D eigenvalue weighted by Gasteiger charge is -2.24. The third-order valence-corrected chi connectivity index (χ3v) is 3.61. The Morgan fingerprint density at radius 3 is 2.53 bits per heavy atom. The zero-order chi connectivity index (χ0) is 12.3. The quantitative estimate of drug-likeness (QED) is 0.750. The van der Waals surface area contributed by atoms with Crippen molar-refractivity contribution >= 4 is 11.9 Å². The van der Waals surface area contributed by atoms with Crippen molar-refractivity contribution in [3.05, 3.63) is 0 Å². The van der Waals surface area contributed by atoms with Gasteiger partial charge in [0, 0.05) is 13.0 Å². The zero-order valence-corrected chi connectivity index (χ0v) is 9.85. The molecular formula is C12H19NO4. The second-order valence-electron chi connectivity index (χ2n) is 4.97. The van der Waals surface area contributed by atoms with Gasteiger partial charge in [0.25, 0.3) is 0 Å². The Kier molecular flexibility index (Phi) is 3.99. The highest BCUT2D eigenvalue weighted by Crippen LogP contribution is 2.29. The van der Waals surface area contributed by atoms with Crippen molar-refractivity contribution in [2.24, 2.45) is 5.92 Å². The first-order valence-corrected chi connectivity index (χ1v) is 6.30. The van der Waals surface area contributed by atoms with E-state index in [1.54, 1.807) is 0 Å². The normalized spacial score (nSPS) is 28.7. The molecule has 2 rings (SSSR count). The number of hydrogen-bond acceptors (Lipinski definition) is 3. The van der Waals surface area contributed by atoms with Crippen LogP contribution >= 0.6 is 0 Å². The number of rotatable bonds is 5. The van der Waals surface area contributed by atoms with E-state index in [1.807, 2.05) is 0 Å². The Balaban J connectivity index is 1.61. The first-order chi connectivity index (χ1) is 8.15. The Morgan fingerprint density at radius 1 is 1.24 bits per heavy atom. The van der Waals surface area contributed by atoms with Crippen LogP contribution in [0.5, 0.6) is 0 Å². The van der Waals surface area contributed by atoms with Gasteiger partial charge in [0.15, 0.2) is 6.10 Å². The van der Waals surface area contributed by atoms with Crippen molar-refractivity contribution in [1.29, 1.82) is 0 Å². The highest BCUT2D eigenvalue weighted by atomic mass is 16.5. The van der Waals surface area contributed by atoms with Crippen molar-refractivity contribution in [3.63, 3.8) is 0 Å². The van der Waals surface area contributed by atoms with Crippen molar-refractivity contribution in [2.75, 3.05) is 6.54 Å². The molecule has 2 atom stereocenters. The molecule has 17 heavy (non-hydrogen) atoms. The van der Waals surface area contributed by atoms with Gasteiger partial charge in [-0.2, -0.15) is 0 Å². The van der Waals surface area contributed by atoms with Gasteiger partial charge in [-0.1, -0.05) is 6.42 Å². The number of amides is 1. The lowest BCUT2D eigenvalue weighted by atomic mass is 9.83. The molecule has 96 valence electrons. The summed E-state index contributed by atoms with van der Waals surface area (Å²) in [7, 11) is 0. The summed E-state index contributed by atoms with van der Waals surface area (Å²) in [4.78, 5) is 22.2. The first-order valence-electron chi connectivity index (χ1n) is 6.30. The molecule has 2 N–H and O–H groups in total. The van der Waals surface area contributed by atoms with Crippen LogP contribution in [0.2, 0.25) is 0 Å². The number of aliphatic carboxylic acids is 1. The number of carboxylic acid groups (broad SMARTS) is 1. The molecule has 1 amide bonds. The number of carboxylic acids is 1. The monoisotopic (exact) mass is 241 g/mol. The molecule has 0 spiro atoms. The van der Waals surface area contributed by atoms with E-state index in [0.717, 1.165) is 12.8 Å². The molecule has 1 saturated heterocycles. The summed E-state index contributed by atoms with van der Waals surface area (Å²) in [5.41, 5.74) is 0. The van der Waals surface area contributed by atoms with E-state index < -0.39 is 12.1 Å². The van der Waals surface area contributed by atoms with Crippen LogP contribution in [0, 0.1) is 5.92 Å². The maximum atomic E-state index is 11.5. The molecule has 0 radical (unpaired) electrons. The Bertz CT molecular complexity index is 301. The minimum atomic E-state index is -0.909. The topological polar surface area (TPSA) is 75.6 Å². The summed E-state index contributed by atoms with van der Waals surface area (Å²) < 4.78 is 5.30. The summed E-state index contributed by atoms with van der Waals surface area (Å²) in [6.07, 6.45) is 4.59. The molecule has 1 aliphatic carbocycles. The molecule has 2 unspecified atom stereocenters. The molecule has 5 heteroatoms. The van der Waals surface area contributed by atoms with E-state index in [9.17, 15) is 9.59 Å². The Morgan fingerprint density at radius 2 is 2.00 bits per heavy atom. The summed E-state index contributed by atoms with van der Waals surface area (Å²) in [6, 6.07) is 0. The second-order valence-corrected chi connectivity index (χ2v) is 4.97. The SMILES string of the molecule is O=C(CC1CCC1)NCC1CCC(C(=O)O)O1. The fourth-order valence-corrected chi connectivity index (χ4v) is 2.30. The molecular weight excluding hydrogens is 222 g/mol. The van der Waals surface area contributed by atoms with E-state index >= 15 is 0 Å². The molecule has 0 aromatic rings. The van der Waals surface area contributed by atoms with Crippen LogP contribution in [0.15, 0.2) is 0 Å². The predicted octanol–water partition coefficient (Wildman–Crippen LogP) is 0.925. The molecule has 0 aromatic carbocycles. The smallest absolute Gasteiger partial charge is 0.332 e.